The molecule has 0 saturated carbocycles. The Bertz CT molecular complexity index is 1470. The highest BCUT2D eigenvalue weighted by Crippen LogP contribution is 2.39. The first-order valence-electron chi connectivity index (χ1n) is 12.1. The largest absolute Gasteiger partial charge is 0.496 e. The van der Waals surface area contributed by atoms with Crippen LogP contribution in [-0.4, -0.2) is 44.1 Å². The van der Waals surface area contributed by atoms with Crippen molar-refractivity contribution in [2.45, 2.75) is 19.8 Å². The van der Waals surface area contributed by atoms with Gasteiger partial charge in [-0.1, -0.05) is 42.5 Å². The predicted molar refractivity (Wildman–Crippen MR) is 141 cm³/mol. The van der Waals surface area contributed by atoms with Gasteiger partial charge in [0.2, 0.25) is 5.91 Å². The second-order valence-corrected chi connectivity index (χ2v) is 9.17. The number of benzene rings is 3. The molecule has 1 aromatic heterocycles. The molecule has 36 heavy (non-hydrogen) atoms. The van der Waals surface area contributed by atoms with Gasteiger partial charge in [0.25, 0.3) is 0 Å². The summed E-state index contributed by atoms with van der Waals surface area (Å²) in [4.78, 5) is 26.6. The van der Waals surface area contributed by atoms with Gasteiger partial charge in [-0.2, -0.15) is 0 Å². The average molecular weight is 484 g/mol. The zero-order valence-electron chi connectivity index (χ0n) is 20.7. The summed E-state index contributed by atoms with van der Waals surface area (Å²) in [5, 5.41) is 3.27. The number of likely N-dealkylation sites (tertiary alicyclic amines) is 1. The van der Waals surface area contributed by atoms with Crippen LogP contribution in [0.2, 0.25) is 0 Å². The highest BCUT2D eigenvalue weighted by molar-refractivity contribution is 6.06. The number of methoxy groups -OCH3 is 2. The number of carbonyl (C=O) groups is 2. The van der Waals surface area contributed by atoms with Gasteiger partial charge in [-0.05, 0) is 47.7 Å². The molecule has 4 aromatic rings. The summed E-state index contributed by atoms with van der Waals surface area (Å²) in [6.45, 7) is 2.98. The van der Waals surface area contributed by atoms with Crippen molar-refractivity contribution in [1.29, 1.82) is 0 Å². The van der Waals surface area contributed by atoms with Crippen molar-refractivity contribution in [2.24, 2.45) is 5.92 Å². The highest BCUT2D eigenvalue weighted by Gasteiger charge is 2.27. The van der Waals surface area contributed by atoms with Crippen molar-refractivity contribution >= 4 is 39.2 Å². The number of furan rings is 1. The van der Waals surface area contributed by atoms with Crippen LogP contribution in [0.25, 0.3) is 38.4 Å². The number of hydrogen-bond acceptors (Lipinski definition) is 5. The molecule has 2 heterocycles. The Morgan fingerprint density at radius 2 is 1.72 bits per heavy atom. The van der Waals surface area contributed by atoms with E-state index in [-0.39, 0.29) is 17.8 Å². The summed E-state index contributed by atoms with van der Waals surface area (Å²) >= 11 is 0. The quantitative estimate of drug-likeness (QED) is 0.254. The monoisotopic (exact) mass is 483 g/mol. The summed E-state index contributed by atoms with van der Waals surface area (Å²) in [6, 6.07) is 18.4. The lowest BCUT2D eigenvalue weighted by Gasteiger charge is -2.30. The number of esters is 1. The number of rotatable bonds is 5. The number of piperidine rings is 1. The molecule has 0 unspecified atom stereocenters. The third kappa shape index (κ3) is 4.35. The number of fused-ring (bicyclic) bond motifs is 2. The Labute approximate surface area is 210 Å². The minimum absolute atomic E-state index is 0.0700. The van der Waals surface area contributed by atoms with E-state index in [0.717, 1.165) is 44.0 Å². The van der Waals surface area contributed by atoms with Crippen LogP contribution >= 0.6 is 0 Å². The van der Waals surface area contributed by atoms with E-state index >= 15 is 0 Å². The van der Waals surface area contributed by atoms with Gasteiger partial charge in [0.15, 0.2) is 0 Å². The smallest absolute Gasteiger partial charge is 0.308 e. The molecule has 3 aromatic carbocycles. The van der Waals surface area contributed by atoms with E-state index in [0.29, 0.717) is 31.7 Å². The lowest BCUT2D eigenvalue weighted by atomic mass is 9.95. The molecule has 6 heteroatoms. The van der Waals surface area contributed by atoms with Crippen LogP contribution in [0, 0.1) is 5.92 Å². The zero-order chi connectivity index (χ0) is 25.2. The molecule has 0 atom stereocenters. The van der Waals surface area contributed by atoms with Gasteiger partial charge in [-0.25, -0.2) is 0 Å². The second-order valence-electron chi connectivity index (χ2n) is 9.17. The van der Waals surface area contributed by atoms with Crippen LogP contribution in [0.5, 0.6) is 5.75 Å². The molecule has 0 aliphatic carbocycles. The number of allylic oxidation sites excluding steroid dienone is 1. The van der Waals surface area contributed by atoms with E-state index < -0.39 is 0 Å². The third-order valence-corrected chi connectivity index (χ3v) is 7.08. The molecule has 6 nitrogen and oxygen atoms in total. The van der Waals surface area contributed by atoms with E-state index in [1.165, 1.54) is 7.11 Å². The van der Waals surface area contributed by atoms with E-state index in [9.17, 15) is 9.59 Å². The van der Waals surface area contributed by atoms with E-state index in [4.69, 9.17) is 13.9 Å². The zero-order valence-corrected chi connectivity index (χ0v) is 20.7. The molecule has 0 radical (unpaired) electrons. The number of ether oxygens (including phenoxy) is 2. The van der Waals surface area contributed by atoms with Crippen LogP contribution in [0.4, 0.5) is 0 Å². The molecule has 1 amide bonds. The summed E-state index contributed by atoms with van der Waals surface area (Å²) < 4.78 is 16.4. The van der Waals surface area contributed by atoms with Gasteiger partial charge in [0, 0.05) is 41.7 Å². The maximum absolute atomic E-state index is 13.1. The maximum Gasteiger partial charge on any atom is 0.308 e. The SMILES string of the molecule is COC(=O)C1CCN(C(=O)/C=C(\C)c2cc3c(-c4cccc5ccccc45)coc3cc2OC)CC1. The van der Waals surface area contributed by atoms with Crippen molar-refractivity contribution in [3.8, 4) is 16.9 Å². The minimum Gasteiger partial charge on any atom is -0.496 e. The molecular weight excluding hydrogens is 454 g/mol. The second kappa shape index (κ2) is 9.90. The van der Waals surface area contributed by atoms with Crippen LogP contribution < -0.4 is 4.74 Å². The van der Waals surface area contributed by atoms with Crippen LogP contribution in [0.3, 0.4) is 0 Å². The molecule has 1 fully saturated rings. The Hall–Kier alpha value is -4.06. The highest BCUT2D eigenvalue weighted by atomic mass is 16.5. The van der Waals surface area contributed by atoms with Crippen molar-refractivity contribution < 1.29 is 23.5 Å². The first kappa shape index (κ1) is 23.7. The average Bonchev–Trinajstić information content (AvgIpc) is 3.34. The Morgan fingerprint density at radius 1 is 0.972 bits per heavy atom. The standard InChI is InChI=1S/C30H29NO5/c1-19(15-29(32)31-13-11-21(12-14-31)30(33)35-3)24-16-25-26(18-36-28(25)17-27(24)34-2)23-10-6-8-20-7-4-5-9-22(20)23/h4-10,15-18,21H,11-14H2,1-3H3/b19-15+. The normalized spacial score (nSPS) is 14.9. The van der Waals surface area contributed by atoms with Crippen molar-refractivity contribution in [1.82, 2.24) is 4.90 Å². The first-order chi connectivity index (χ1) is 17.5. The molecule has 5 rings (SSSR count). The lowest BCUT2D eigenvalue weighted by Crippen LogP contribution is -2.39. The molecular formula is C30H29NO5. The summed E-state index contributed by atoms with van der Waals surface area (Å²) in [5.74, 6) is 0.237. The van der Waals surface area contributed by atoms with Crippen LogP contribution in [0.15, 0.2) is 71.4 Å². The van der Waals surface area contributed by atoms with E-state index in [1.807, 2.05) is 37.3 Å². The Morgan fingerprint density at radius 3 is 2.47 bits per heavy atom. The Kier molecular flexibility index (Phi) is 6.51. The number of nitrogens with zero attached hydrogens (tertiary/aromatic N) is 1. The van der Waals surface area contributed by atoms with Gasteiger partial charge in [-0.3, -0.25) is 9.59 Å². The molecule has 0 spiro atoms. The van der Waals surface area contributed by atoms with Crippen LogP contribution in [-0.2, 0) is 14.3 Å². The lowest BCUT2D eigenvalue weighted by molar-refractivity contribution is -0.148. The van der Waals surface area contributed by atoms with Gasteiger partial charge in [0.05, 0.1) is 26.4 Å². The molecule has 1 saturated heterocycles. The molecule has 0 N–H and O–H groups in total. The van der Waals surface area contributed by atoms with Gasteiger partial charge < -0.3 is 18.8 Å². The van der Waals surface area contributed by atoms with Crippen LogP contribution in [0.1, 0.15) is 25.3 Å². The van der Waals surface area contributed by atoms with E-state index in [2.05, 4.69) is 24.3 Å². The van der Waals surface area contributed by atoms with Gasteiger partial charge in [0.1, 0.15) is 11.3 Å². The van der Waals surface area contributed by atoms with Crippen molar-refractivity contribution in [3.63, 3.8) is 0 Å². The summed E-state index contributed by atoms with van der Waals surface area (Å²) in [7, 11) is 3.02. The van der Waals surface area contributed by atoms with Crippen molar-refractivity contribution in [3.05, 3.63) is 72.5 Å². The first-order valence-corrected chi connectivity index (χ1v) is 12.1. The fraction of sp³-hybridized carbons (Fsp3) is 0.267. The molecule has 1 aliphatic heterocycles. The Balaban J connectivity index is 1.48. The fourth-order valence-corrected chi connectivity index (χ4v) is 5.06. The number of hydrogen-bond donors (Lipinski definition) is 0. The predicted octanol–water partition coefficient (Wildman–Crippen LogP) is 6.08. The van der Waals surface area contributed by atoms with Crippen molar-refractivity contribution in [2.75, 3.05) is 27.3 Å². The topological polar surface area (TPSA) is 69.0 Å². The third-order valence-electron chi connectivity index (χ3n) is 7.08. The van der Waals surface area contributed by atoms with E-state index in [1.54, 1.807) is 24.3 Å². The molecule has 0 bridgehead atoms. The van der Waals surface area contributed by atoms with Gasteiger partial charge in [-0.15, -0.1) is 0 Å². The fourth-order valence-electron chi connectivity index (χ4n) is 5.06. The summed E-state index contributed by atoms with van der Waals surface area (Å²) in [6.07, 6.45) is 4.67. The van der Waals surface area contributed by atoms with Gasteiger partial charge >= 0.3 is 5.97 Å². The summed E-state index contributed by atoms with van der Waals surface area (Å²) in [5.41, 5.74) is 4.45. The minimum atomic E-state index is -0.200. The molecule has 184 valence electrons. The number of carbonyl (C=O) groups excluding carboxylic acids is 2. The maximum atomic E-state index is 13.1. The number of amides is 1. The molecule has 1 aliphatic rings.